The molecule has 0 spiro atoms. The molecule has 0 aromatic carbocycles. The van der Waals surface area contributed by atoms with E-state index in [0.717, 1.165) is 5.69 Å². The van der Waals surface area contributed by atoms with E-state index in [1.165, 1.54) is 6.26 Å². The molecule has 0 aliphatic rings. The van der Waals surface area contributed by atoms with E-state index in [1.54, 1.807) is 7.11 Å². The topological polar surface area (TPSA) is 35.3 Å². The Morgan fingerprint density at radius 1 is 1.75 bits per heavy atom. The molecular weight excluding hydrogens is 106 g/mol. The molecule has 1 heterocycles. The average molecular weight is 113 g/mol. The first-order valence-corrected chi connectivity index (χ1v) is 2.29. The van der Waals surface area contributed by atoms with Crippen LogP contribution in [0.25, 0.3) is 0 Å². The van der Waals surface area contributed by atoms with Gasteiger partial charge in [-0.05, 0) is 6.92 Å². The van der Waals surface area contributed by atoms with Crippen molar-refractivity contribution in [2.24, 2.45) is 0 Å². The molecule has 1 rings (SSSR count). The molecule has 0 atom stereocenters. The molecule has 0 N–H and O–H groups in total. The molecule has 0 bridgehead atoms. The Morgan fingerprint density at radius 3 is 2.75 bits per heavy atom. The van der Waals surface area contributed by atoms with Gasteiger partial charge in [0, 0.05) is 0 Å². The van der Waals surface area contributed by atoms with E-state index in [0.29, 0.717) is 5.75 Å². The standard InChI is InChI=1S/C5H7NO2/c1-4-5(7-2)3-8-6-4/h3H,1-2H3. The van der Waals surface area contributed by atoms with Gasteiger partial charge >= 0.3 is 0 Å². The predicted octanol–water partition coefficient (Wildman–Crippen LogP) is 0.992. The van der Waals surface area contributed by atoms with Crippen LogP contribution in [0.1, 0.15) is 5.69 Å². The monoisotopic (exact) mass is 113 g/mol. The molecule has 3 heteroatoms. The lowest BCUT2D eigenvalue weighted by Crippen LogP contribution is -1.80. The SMILES string of the molecule is COc1conc1C. The highest BCUT2D eigenvalue weighted by Crippen LogP contribution is 2.12. The minimum atomic E-state index is 0.699. The van der Waals surface area contributed by atoms with Gasteiger partial charge in [-0.3, -0.25) is 0 Å². The first-order chi connectivity index (χ1) is 3.84. The van der Waals surface area contributed by atoms with Crippen molar-refractivity contribution < 1.29 is 9.26 Å². The van der Waals surface area contributed by atoms with Crippen molar-refractivity contribution in [2.45, 2.75) is 6.92 Å². The van der Waals surface area contributed by atoms with Gasteiger partial charge in [0.15, 0.2) is 12.0 Å². The fourth-order valence-electron chi connectivity index (χ4n) is 0.479. The molecular formula is C5H7NO2. The summed E-state index contributed by atoms with van der Waals surface area (Å²) >= 11 is 0. The second kappa shape index (κ2) is 1.86. The number of rotatable bonds is 1. The van der Waals surface area contributed by atoms with Gasteiger partial charge in [-0.25, -0.2) is 0 Å². The summed E-state index contributed by atoms with van der Waals surface area (Å²) in [4.78, 5) is 0. The summed E-state index contributed by atoms with van der Waals surface area (Å²) in [6.45, 7) is 1.82. The lowest BCUT2D eigenvalue weighted by molar-refractivity contribution is 0.390. The number of methoxy groups -OCH3 is 1. The number of ether oxygens (including phenoxy) is 1. The third-order valence-electron chi connectivity index (χ3n) is 0.926. The number of hydrogen-bond acceptors (Lipinski definition) is 3. The Kier molecular flexibility index (Phi) is 1.20. The number of aryl methyl sites for hydroxylation is 1. The van der Waals surface area contributed by atoms with Gasteiger partial charge in [0.1, 0.15) is 5.69 Å². The minimum absolute atomic E-state index is 0.699. The lowest BCUT2D eigenvalue weighted by Gasteiger charge is -1.88. The van der Waals surface area contributed by atoms with Crippen molar-refractivity contribution in [2.75, 3.05) is 7.11 Å². The lowest BCUT2D eigenvalue weighted by atomic mass is 10.5. The van der Waals surface area contributed by atoms with Crippen LogP contribution in [0.3, 0.4) is 0 Å². The Morgan fingerprint density at radius 2 is 2.50 bits per heavy atom. The van der Waals surface area contributed by atoms with E-state index >= 15 is 0 Å². The predicted molar refractivity (Wildman–Crippen MR) is 27.8 cm³/mol. The fourth-order valence-corrected chi connectivity index (χ4v) is 0.479. The van der Waals surface area contributed by atoms with Crippen LogP contribution in [-0.2, 0) is 0 Å². The maximum absolute atomic E-state index is 4.83. The van der Waals surface area contributed by atoms with Crippen LogP contribution in [0.4, 0.5) is 0 Å². The fraction of sp³-hybridized carbons (Fsp3) is 0.400. The van der Waals surface area contributed by atoms with Crippen LogP contribution in [0.2, 0.25) is 0 Å². The van der Waals surface area contributed by atoms with Crippen molar-refractivity contribution in [1.29, 1.82) is 0 Å². The zero-order valence-electron chi connectivity index (χ0n) is 4.84. The normalized spacial score (nSPS) is 9.25. The first kappa shape index (κ1) is 5.15. The number of aromatic nitrogens is 1. The highest BCUT2D eigenvalue weighted by atomic mass is 16.5. The molecule has 0 unspecified atom stereocenters. The molecule has 0 fully saturated rings. The second-order valence-corrected chi connectivity index (χ2v) is 1.47. The van der Waals surface area contributed by atoms with E-state index in [9.17, 15) is 0 Å². The van der Waals surface area contributed by atoms with Gasteiger partial charge in [0.05, 0.1) is 7.11 Å². The summed E-state index contributed by atoms with van der Waals surface area (Å²) in [6, 6.07) is 0. The summed E-state index contributed by atoms with van der Waals surface area (Å²) in [5.41, 5.74) is 0.785. The van der Waals surface area contributed by atoms with E-state index in [-0.39, 0.29) is 0 Å². The van der Waals surface area contributed by atoms with E-state index in [4.69, 9.17) is 4.74 Å². The van der Waals surface area contributed by atoms with Gasteiger partial charge in [-0.15, -0.1) is 0 Å². The summed E-state index contributed by atoms with van der Waals surface area (Å²) in [5, 5.41) is 3.59. The highest BCUT2D eigenvalue weighted by molar-refractivity contribution is 5.19. The van der Waals surface area contributed by atoms with Crippen LogP contribution >= 0.6 is 0 Å². The average Bonchev–Trinajstić information content (AvgIpc) is 2.14. The Labute approximate surface area is 47.2 Å². The van der Waals surface area contributed by atoms with Crippen molar-refractivity contribution in [3.8, 4) is 5.75 Å². The molecule has 0 aliphatic heterocycles. The zero-order chi connectivity index (χ0) is 5.98. The maximum atomic E-state index is 4.83. The molecule has 0 radical (unpaired) electrons. The minimum Gasteiger partial charge on any atom is -0.491 e. The number of hydrogen-bond donors (Lipinski definition) is 0. The second-order valence-electron chi connectivity index (χ2n) is 1.47. The summed E-state index contributed by atoms with van der Waals surface area (Å²) < 4.78 is 9.39. The quantitative estimate of drug-likeness (QED) is 0.544. The van der Waals surface area contributed by atoms with E-state index < -0.39 is 0 Å². The van der Waals surface area contributed by atoms with Crippen molar-refractivity contribution in [3.05, 3.63) is 12.0 Å². The number of nitrogens with zero attached hydrogens (tertiary/aromatic N) is 1. The molecule has 3 nitrogen and oxygen atoms in total. The third kappa shape index (κ3) is 0.665. The molecule has 0 saturated heterocycles. The molecule has 1 aromatic heterocycles. The van der Waals surface area contributed by atoms with Crippen molar-refractivity contribution in [3.63, 3.8) is 0 Å². The highest BCUT2D eigenvalue weighted by Gasteiger charge is 1.98. The van der Waals surface area contributed by atoms with Gasteiger partial charge < -0.3 is 9.26 Å². The molecule has 0 saturated carbocycles. The molecule has 44 valence electrons. The molecule has 1 aromatic rings. The van der Waals surface area contributed by atoms with Crippen LogP contribution < -0.4 is 4.74 Å². The third-order valence-corrected chi connectivity index (χ3v) is 0.926. The van der Waals surface area contributed by atoms with Crippen molar-refractivity contribution >= 4 is 0 Å². The first-order valence-electron chi connectivity index (χ1n) is 2.29. The Balaban J connectivity index is 2.92. The van der Waals surface area contributed by atoms with Crippen LogP contribution in [0, 0.1) is 6.92 Å². The zero-order valence-corrected chi connectivity index (χ0v) is 4.84. The maximum Gasteiger partial charge on any atom is 0.181 e. The van der Waals surface area contributed by atoms with E-state index in [1.807, 2.05) is 6.92 Å². The molecule has 0 aliphatic carbocycles. The van der Waals surface area contributed by atoms with Gasteiger partial charge in [0.2, 0.25) is 0 Å². The molecule has 8 heavy (non-hydrogen) atoms. The van der Waals surface area contributed by atoms with Crippen LogP contribution in [0.5, 0.6) is 5.75 Å². The van der Waals surface area contributed by atoms with Gasteiger partial charge in [-0.2, -0.15) is 0 Å². The summed E-state index contributed by atoms with van der Waals surface area (Å²) in [7, 11) is 1.58. The smallest absolute Gasteiger partial charge is 0.181 e. The summed E-state index contributed by atoms with van der Waals surface area (Å²) in [6.07, 6.45) is 1.47. The largest absolute Gasteiger partial charge is 0.491 e. The van der Waals surface area contributed by atoms with E-state index in [2.05, 4.69) is 9.68 Å². The molecule has 0 amide bonds. The Hall–Kier alpha value is -0.990. The van der Waals surface area contributed by atoms with Crippen LogP contribution in [-0.4, -0.2) is 12.3 Å². The van der Waals surface area contributed by atoms with Gasteiger partial charge in [-0.1, -0.05) is 5.16 Å². The summed E-state index contributed by atoms with van der Waals surface area (Å²) in [5.74, 6) is 0.699. The van der Waals surface area contributed by atoms with Crippen molar-refractivity contribution in [1.82, 2.24) is 5.16 Å². The van der Waals surface area contributed by atoms with Gasteiger partial charge in [0.25, 0.3) is 0 Å². The van der Waals surface area contributed by atoms with Crippen LogP contribution in [0.15, 0.2) is 10.8 Å². The Bertz CT molecular complexity index is 171.